The van der Waals surface area contributed by atoms with Crippen molar-refractivity contribution in [2.45, 2.75) is 31.7 Å². The molecule has 1 unspecified atom stereocenters. The van der Waals surface area contributed by atoms with Crippen LogP contribution < -0.4 is 10.2 Å². The first kappa shape index (κ1) is 13.3. The number of rotatable bonds is 5. The Kier molecular flexibility index (Phi) is 3.81. The number of methoxy groups -OCH3 is 1. The van der Waals surface area contributed by atoms with Gasteiger partial charge in [0.1, 0.15) is 6.04 Å². The van der Waals surface area contributed by atoms with Gasteiger partial charge in [0.15, 0.2) is 0 Å². The van der Waals surface area contributed by atoms with Gasteiger partial charge in [-0.15, -0.1) is 0 Å². The zero-order chi connectivity index (χ0) is 13.9. The summed E-state index contributed by atoms with van der Waals surface area (Å²) in [4.78, 5) is 14.2. The Bertz CT molecular complexity index is 462. The second kappa shape index (κ2) is 5.73. The Morgan fingerprint density at radius 2 is 1.90 bits per heavy atom. The molecule has 0 amide bonds. The minimum atomic E-state index is -0.197. The van der Waals surface area contributed by atoms with E-state index in [4.69, 9.17) is 4.74 Å². The quantitative estimate of drug-likeness (QED) is 0.838. The van der Waals surface area contributed by atoms with Gasteiger partial charge in [-0.3, -0.25) is 0 Å². The van der Waals surface area contributed by atoms with Crippen LogP contribution in [0.4, 0.5) is 11.4 Å². The Hall–Kier alpha value is -1.71. The van der Waals surface area contributed by atoms with Crippen LogP contribution in [-0.4, -0.2) is 32.2 Å². The molecule has 1 saturated heterocycles. The fraction of sp³-hybridized carbons (Fsp3) is 0.562. The summed E-state index contributed by atoms with van der Waals surface area (Å²) in [7, 11) is 1.45. The molecule has 20 heavy (non-hydrogen) atoms. The zero-order valence-electron chi connectivity index (χ0n) is 12.0. The molecule has 1 N–H and O–H groups in total. The maximum absolute atomic E-state index is 11.8. The molecular formula is C16H22N2O2. The van der Waals surface area contributed by atoms with E-state index < -0.39 is 0 Å². The van der Waals surface area contributed by atoms with Gasteiger partial charge in [0, 0.05) is 24.5 Å². The highest BCUT2D eigenvalue weighted by atomic mass is 16.5. The van der Waals surface area contributed by atoms with Gasteiger partial charge >= 0.3 is 5.97 Å². The number of hydrogen-bond donors (Lipinski definition) is 1. The summed E-state index contributed by atoms with van der Waals surface area (Å²) < 4.78 is 4.88. The normalized spacial score (nSPS) is 19.8. The second-order valence-corrected chi connectivity index (χ2v) is 5.72. The van der Waals surface area contributed by atoms with E-state index >= 15 is 0 Å². The maximum atomic E-state index is 11.8. The second-order valence-electron chi connectivity index (χ2n) is 5.72. The molecule has 1 heterocycles. The third kappa shape index (κ3) is 2.89. The lowest BCUT2D eigenvalue weighted by atomic mass is 10.1. The predicted octanol–water partition coefficient (Wildman–Crippen LogP) is 2.65. The minimum Gasteiger partial charge on any atom is -0.467 e. The van der Waals surface area contributed by atoms with Crippen LogP contribution in [-0.2, 0) is 9.53 Å². The first-order chi connectivity index (χ1) is 9.78. The molecule has 108 valence electrons. The average molecular weight is 274 g/mol. The Labute approximate surface area is 120 Å². The van der Waals surface area contributed by atoms with Crippen LogP contribution in [0.15, 0.2) is 24.3 Å². The Balaban J connectivity index is 1.65. The van der Waals surface area contributed by atoms with Gasteiger partial charge in [-0.05, 0) is 55.9 Å². The summed E-state index contributed by atoms with van der Waals surface area (Å²) in [6.45, 7) is 2.30. The van der Waals surface area contributed by atoms with E-state index in [1.807, 2.05) is 0 Å². The summed E-state index contributed by atoms with van der Waals surface area (Å²) in [5.74, 6) is 0.275. The molecule has 1 aliphatic heterocycles. The fourth-order valence-corrected chi connectivity index (χ4v) is 2.85. The van der Waals surface area contributed by atoms with Crippen molar-refractivity contribution in [1.82, 2.24) is 0 Å². The molecule has 1 saturated carbocycles. The van der Waals surface area contributed by atoms with E-state index in [9.17, 15) is 4.79 Å². The number of hydrogen-bond acceptors (Lipinski definition) is 4. The van der Waals surface area contributed by atoms with Crippen LogP contribution in [0.25, 0.3) is 0 Å². The predicted molar refractivity (Wildman–Crippen MR) is 80.0 cm³/mol. The molecule has 3 rings (SSSR count). The van der Waals surface area contributed by atoms with E-state index in [1.165, 1.54) is 25.6 Å². The molecule has 1 atom stereocenters. The lowest BCUT2D eigenvalue weighted by Crippen LogP contribution is -2.32. The first-order valence-electron chi connectivity index (χ1n) is 7.47. The van der Waals surface area contributed by atoms with Crippen LogP contribution in [0.5, 0.6) is 0 Å². The average Bonchev–Trinajstić information content (AvgIpc) is 3.18. The van der Waals surface area contributed by atoms with Gasteiger partial charge in [0.05, 0.1) is 7.11 Å². The van der Waals surface area contributed by atoms with E-state index in [2.05, 4.69) is 34.5 Å². The van der Waals surface area contributed by atoms with Crippen molar-refractivity contribution in [1.29, 1.82) is 0 Å². The largest absolute Gasteiger partial charge is 0.467 e. The highest BCUT2D eigenvalue weighted by molar-refractivity contribution is 5.80. The summed E-state index contributed by atoms with van der Waals surface area (Å²) in [5, 5.41) is 3.32. The van der Waals surface area contributed by atoms with Gasteiger partial charge in [-0.25, -0.2) is 4.79 Å². The zero-order valence-corrected chi connectivity index (χ0v) is 12.0. The van der Waals surface area contributed by atoms with Gasteiger partial charge in [0.25, 0.3) is 0 Å². The molecule has 0 spiro atoms. The number of anilines is 2. The number of benzene rings is 1. The molecule has 1 aliphatic carbocycles. The van der Waals surface area contributed by atoms with Crippen molar-refractivity contribution >= 4 is 17.3 Å². The third-order valence-corrected chi connectivity index (χ3v) is 4.21. The summed E-state index contributed by atoms with van der Waals surface area (Å²) >= 11 is 0. The molecule has 2 fully saturated rings. The molecule has 4 heteroatoms. The Morgan fingerprint density at radius 3 is 2.45 bits per heavy atom. The van der Waals surface area contributed by atoms with Gasteiger partial charge in [0.2, 0.25) is 0 Å². The lowest BCUT2D eigenvalue weighted by Gasteiger charge is -2.20. The van der Waals surface area contributed by atoms with Gasteiger partial charge in [-0.1, -0.05) is 0 Å². The fourth-order valence-electron chi connectivity index (χ4n) is 2.85. The maximum Gasteiger partial charge on any atom is 0.328 e. The number of esters is 1. The van der Waals surface area contributed by atoms with Crippen molar-refractivity contribution in [3.8, 4) is 0 Å². The van der Waals surface area contributed by atoms with Crippen molar-refractivity contribution in [2.24, 2.45) is 5.92 Å². The first-order valence-corrected chi connectivity index (χ1v) is 7.47. The molecule has 1 aromatic carbocycles. The topological polar surface area (TPSA) is 41.6 Å². The number of nitrogens with zero attached hydrogens (tertiary/aromatic N) is 1. The smallest absolute Gasteiger partial charge is 0.328 e. The monoisotopic (exact) mass is 274 g/mol. The van der Waals surface area contributed by atoms with Gasteiger partial charge < -0.3 is 15.0 Å². The van der Waals surface area contributed by atoms with E-state index in [0.29, 0.717) is 5.92 Å². The van der Waals surface area contributed by atoms with Gasteiger partial charge in [-0.2, -0.15) is 0 Å². The lowest BCUT2D eigenvalue weighted by molar-refractivity contribution is -0.142. The van der Waals surface area contributed by atoms with Crippen molar-refractivity contribution < 1.29 is 9.53 Å². The van der Waals surface area contributed by atoms with E-state index in [1.54, 1.807) is 0 Å². The number of ether oxygens (including phenoxy) is 1. The highest BCUT2D eigenvalue weighted by Crippen LogP contribution is 2.35. The van der Waals surface area contributed by atoms with Crippen LogP contribution in [0.1, 0.15) is 25.7 Å². The molecule has 2 aliphatic rings. The summed E-state index contributed by atoms with van der Waals surface area (Å²) in [6, 6.07) is 8.19. The SMILES string of the molecule is COC(=O)C(Nc1ccc(N2CCCC2)cc1)C1CC1. The number of carbonyl (C=O) groups is 1. The van der Waals surface area contributed by atoms with Crippen LogP contribution in [0.3, 0.4) is 0 Å². The van der Waals surface area contributed by atoms with Crippen molar-refractivity contribution in [3.05, 3.63) is 24.3 Å². The molecule has 0 radical (unpaired) electrons. The summed E-state index contributed by atoms with van der Waals surface area (Å²) in [5.41, 5.74) is 2.27. The van der Waals surface area contributed by atoms with Crippen LogP contribution in [0.2, 0.25) is 0 Å². The van der Waals surface area contributed by atoms with Crippen LogP contribution >= 0.6 is 0 Å². The number of carbonyl (C=O) groups excluding carboxylic acids is 1. The minimum absolute atomic E-state index is 0.156. The number of nitrogens with one attached hydrogen (secondary N) is 1. The molecule has 0 bridgehead atoms. The highest BCUT2D eigenvalue weighted by Gasteiger charge is 2.36. The van der Waals surface area contributed by atoms with Crippen LogP contribution in [0, 0.1) is 5.92 Å². The molecule has 1 aromatic rings. The Morgan fingerprint density at radius 1 is 1.25 bits per heavy atom. The molecule has 0 aromatic heterocycles. The molecular weight excluding hydrogens is 252 g/mol. The third-order valence-electron chi connectivity index (χ3n) is 4.21. The van der Waals surface area contributed by atoms with Crippen molar-refractivity contribution in [2.75, 3.05) is 30.4 Å². The van der Waals surface area contributed by atoms with Crippen molar-refractivity contribution in [3.63, 3.8) is 0 Å². The standard InChI is InChI=1S/C16H22N2O2/c1-20-16(19)15(12-4-5-12)17-13-6-8-14(9-7-13)18-10-2-3-11-18/h6-9,12,15,17H,2-5,10-11H2,1H3. The molecule has 4 nitrogen and oxygen atoms in total. The summed E-state index contributed by atoms with van der Waals surface area (Å²) in [6.07, 6.45) is 4.79. The van der Waals surface area contributed by atoms with E-state index in [0.717, 1.165) is 31.6 Å². The van der Waals surface area contributed by atoms with E-state index in [-0.39, 0.29) is 12.0 Å².